The second-order valence-corrected chi connectivity index (χ2v) is 10.7. The van der Waals surface area contributed by atoms with Crippen molar-refractivity contribution in [2.24, 2.45) is 5.92 Å². The molecule has 2 aliphatic heterocycles. The van der Waals surface area contributed by atoms with Crippen LogP contribution in [0.5, 0.6) is 5.88 Å². The standard InChI is InChI=1S/C27H29ClN2O6/c1-14(2)26(32)36-21-12-34-24-20(11-33-25(21)24)35-22-10-19-18(29-22)9-17(28)23(30-19)15-3-5-16(6-4-15)27(13-31)7-8-27/h3-6,9-10,14,20-21,24-25,29,31H,7-8,11-13H2,1-2H3/t20-,21-,24-,25-/m1/s1. The molecule has 0 radical (unpaired) electrons. The van der Waals surface area contributed by atoms with Crippen LogP contribution in [0.3, 0.4) is 0 Å². The van der Waals surface area contributed by atoms with Crippen molar-refractivity contribution < 1.29 is 28.8 Å². The van der Waals surface area contributed by atoms with Crippen LogP contribution in [0.25, 0.3) is 22.3 Å². The van der Waals surface area contributed by atoms with Crippen LogP contribution in [-0.4, -0.2) is 65.3 Å². The Morgan fingerprint density at radius 3 is 2.53 bits per heavy atom. The molecule has 3 aromatic rings. The van der Waals surface area contributed by atoms with Gasteiger partial charge in [0.1, 0.15) is 12.2 Å². The molecule has 9 heteroatoms. The first-order valence-electron chi connectivity index (χ1n) is 12.4. The number of benzene rings is 1. The van der Waals surface area contributed by atoms with Gasteiger partial charge in [0.15, 0.2) is 18.1 Å². The molecule has 2 aromatic heterocycles. The summed E-state index contributed by atoms with van der Waals surface area (Å²) in [5, 5.41) is 10.2. The molecule has 190 valence electrons. The van der Waals surface area contributed by atoms with E-state index in [0.717, 1.165) is 35.0 Å². The van der Waals surface area contributed by atoms with Gasteiger partial charge in [-0.15, -0.1) is 0 Å². The van der Waals surface area contributed by atoms with Crippen LogP contribution in [0, 0.1) is 5.92 Å². The number of pyridine rings is 1. The lowest BCUT2D eigenvalue weighted by atomic mass is 9.95. The molecule has 8 nitrogen and oxygen atoms in total. The van der Waals surface area contributed by atoms with E-state index in [9.17, 15) is 9.90 Å². The first kappa shape index (κ1) is 23.7. The molecule has 2 saturated heterocycles. The predicted molar refractivity (Wildman–Crippen MR) is 133 cm³/mol. The zero-order valence-electron chi connectivity index (χ0n) is 20.2. The number of carbonyl (C=O) groups excluding carboxylic acids is 1. The number of hydrogen-bond donors (Lipinski definition) is 2. The number of aliphatic hydroxyl groups is 1. The van der Waals surface area contributed by atoms with Crippen molar-refractivity contribution in [3.05, 3.63) is 47.0 Å². The van der Waals surface area contributed by atoms with Crippen molar-refractivity contribution in [2.45, 2.75) is 56.5 Å². The van der Waals surface area contributed by atoms with Gasteiger partial charge in [0.25, 0.3) is 0 Å². The van der Waals surface area contributed by atoms with Crippen molar-refractivity contribution in [1.29, 1.82) is 0 Å². The summed E-state index contributed by atoms with van der Waals surface area (Å²) in [6, 6.07) is 11.8. The highest BCUT2D eigenvalue weighted by Crippen LogP contribution is 2.48. The van der Waals surface area contributed by atoms with Crippen molar-refractivity contribution in [1.82, 2.24) is 9.97 Å². The highest BCUT2D eigenvalue weighted by Gasteiger charge is 2.51. The second kappa shape index (κ2) is 9.03. The molecule has 3 fully saturated rings. The van der Waals surface area contributed by atoms with Gasteiger partial charge in [0.2, 0.25) is 0 Å². The normalized spacial score (nSPS) is 26.4. The number of carbonyl (C=O) groups is 1. The highest BCUT2D eigenvalue weighted by molar-refractivity contribution is 6.33. The summed E-state index contributed by atoms with van der Waals surface area (Å²) in [4.78, 5) is 20.0. The average Bonchev–Trinajstić information content (AvgIpc) is 3.19. The lowest BCUT2D eigenvalue weighted by Crippen LogP contribution is -2.36. The van der Waals surface area contributed by atoms with E-state index in [1.807, 2.05) is 24.3 Å². The van der Waals surface area contributed by atoms with Gasteiger partial charge in [0.05, 0.1) is 47.5 Å². The van der Waals surface area contributed by atoms with E-state index in [4.69, 9.17) is 35.5 Å². The number of aromatic nitrogens is 2. The minimum absolute atomic E-state index is 0.0747. The summed E-state index contributed by atoms with van der Waals surface area (Å²) < 4.78 is 23.5. The van der Waals surface area contributed by atoms with Crippen molar-refractivity contribution >= 4 is 28.6 Å². The molecule has 36 heavy (non-hydrogen) atoms. The molecule has 0 bridgehead atoms. The maximum Gasteiger partial charge on any atom is 0.308 e. The van der Waals surface area contributed by atoms with Crippen molar-refractivity contribution in [2.75, 3.05) is 19.8 Å². The minimum atomic E-state index is -0.428. The molecule has 3 aliphatic rings. The summed E-state index contributed by atoms with van der Waals surface area (Å²) in [5.74, 6) is 0.0724. The Morgan fingerprint density at radius 1 is 1.17 bits per heavy atom. The van der Waals surface area contributed by atoms with Crippen molar-refractivity contribution in [3.8, 4) is 17.1 Å². The molecule has 4 atom stereocenters. The fraction of sp³-hybridized carbons (Fsp3) is 0.481. The van der Waals surface area contributed by atoms with E-state index in [2.05, 4.69) is 17.1 Å². The van der Waals surface area contributed by atoms with Crippen LogP contribution in [-0.2, 0) is 24.4 Å². The molecule has 0 unspecified atom stereocenters. The maximum atomic E-state index is 12.0. The molecule has 6 rings (SSSR count). The Kier molecular flexibility index (Phi) is 5.95. The number of aliphatic hydroxyl groups excluding tert-OH is 1. The Balaban J connectivity index is 1.17. The van der Waals surface area contributed by atoms with Gasteiger partial charge in [-0.05, 0) is 24.5 Å². The summed E-state index contributed by atoms with van der Waals surface area (Å²) in [6.45, 7) is 4.40. The molecule has 1 aliphatic carbocycles. The van der Waals surface area contributed by atoms with Crippen LogP contribution in [0.2, 0.25) is 5.02 Å². The van der Waals surface area contributed by atoms with E-state index in [1.165, 1.54) is 0 Å². The van der Waals surface area contributed by atoms with E-state index in [-0.39, 0.29) is 42.2 Å². The highest BCUT2D eigenvalue weighted by atomic mass is 35.5. The zero-order valence-corrected chi connectivity index (χ0v) is 21.0. The van der Waals surface area contributed by atoms with E-state index in [0.29, 0.717) is 29.8 Å². The second-order valence-electron chi connectivity index (χ2n) is 10.3. The SMILES string of the molecule is CC(C)C(=O)O[C@@H]1CO[C@H]2[C@@H]1OC[C@H]2Oc1cc2nc(-c3ccc(C4(CO)CC4)cc3)c(Cl)cc2[nH]1. The predicted octanol–water partition coefficient (Wildman–Crippen LogP) is 4.02. The van der Waals surface area contributed by atoms with Gasteiger partial charge in [0, 0.05) is 17.0 Å². The first-order valence-corrected chi connectivity index (χ1v) is 12.8. The van der Waals surface area contributed by atoms with E-state index < -0.39 is 6.10 Å². The molecular weight excluding hydrogens is 484 g/mol. The summed E-state index contributed by atoms with van der Waals surface area (Å²) in [6.07, 6.45) is 0.605. The van der Waals surface area contributed by atoms with Gasteiger partial charge in [-0.2, -0.15) is 0 Å². The molecule has 4 heterocycles. The molecule has 0 spiro atoms. The first-order chi connectivity index (χ1) is 17.4. The zero-order chi connectivity index (χ0) is 25.0. The summed E-state index contributed by atoms with van der Waals surface area (Å²) >= 11 is 6.59. The lowest BCUT2D eigenvalue weighted by Gasteiger charge is -2.18. The Morgan fingerprint density at radius 2 is 1.86 bits per heavy atom. The van der Waals surface area contributed by atoms with E-state index >= 15 is 0 Å². The topological polar surface area (TPSA) is 103 Å². The fourth-order valence-electron chi connectivity index (χ4n) is 5.02. The van der Waals surface area contributed by atoms with Gasteiger partial charge in [-0.3, -0.25) is 4.79 Å². The third-order valence-corrected chi connectivity index (χ3v) is 7.73. The van der Waals surface area contributed by atoms with Crippen LogP contribution < -0.4 is 4.74 Å². The molecular formula is C27H29ClN2O6. The molecule has 1 saturated carbocycles. The monoisotopic (exact) mass is 512 g/mol. The van der Waals surface area contributed by atoms with E-state index in [1.54, 1.807) is 13.8 Å². The van der Waals surface area contributed by atoms with Gasteiger partial charge >= 0.3 is 5.97 Å². The number of nitrogens with zero attached hydrogens (tertiary/aromatic N) is 1. The molecule has 0 amide bonds. The maximum absolute atomic E-state index is 12.0. The van der Waals surface area contributed by atoms with Crippen LogP contribution in [0.15, 0.2) is 36.4 Å². The van der Waals surface area contributed by atoms with Crippen LogP contribution in [0.4, 0.5) is 0 Å². The number of nitrogens with one attached hydrogen (secondary N) is 1. The number of aromatic amines is 1. The third-order valence-electron chi connectivity index (χ3n) is 7.44. The van der Waals surface area contributed by atoms with Gasteiger partial charge in [-0.25, -0.2) is 4.98 Å². The average molecular weight is 513 g/mol. The number of ether oxygens (including phenoxy) is 4. The van der Waals surface area contributed by atoms with Crippen molar-refractivity contribution in [3.63, 3.8) is 0 Å². The Bertz CT molecular complexity index is 1290. The largest absolute Gasteiger partial charge is 0.470 e. The number of halogens is 1. The summed E-state index contributed by atoms with van der Waals surface area (Å²) in [5.41, 5.74) is 4.17. The molecule has 2 N–H and O–H groups in total. The number of rotatable bonds is 7. The Labute approximate surface area is 213 Å². The van der Waals surface area contributed by atoms with Gasteiger partial charge < -0.3 is 29.0 Å². The van der Waals surface area contributed by atoms with Gasteiger partial charge in [-0.1, -0.05) is 49.7 Å². The quantitative estimate of drug-likeness (QED) is 0.461. The third kappa shape index (κ3) is 4.16. The van der Waals surface area contributed by atoms with Crippen LogP contribution >= 0.6 is 11.6 Å². The summed E-state index contributed by atoms with van der Waals surface area (Å²) in [7, 11) is 0. The fourth-order valence-corrected chi connectivity index (χ4v) is 5.28. The number of fused-ring (bicyclic) bond motifs is 2. The Hall–Kier alpha value is -2.65. The van der Waals surface area contributed by atoms with Crippen LogP contribution in [0.1, 0.15) is 32.3 Å². The number of hydrogen-bond acceptors (Lipinski definition) is 7. The number of esters is 1. The number of H-pyrrole nitrogens is 1. The smallest absolute Gasteiger partial charge is 0.308 e. The molecule has 1 aromatic carbocycles. The lowest BCUT2D eigenvalue weighted by molar-refractivity contribution is -0.157. The minimum Gasteiger partial charge on any atom is -0.470 e.